The highest BCUT2D eigenvalue weighted by molar-refractivity contribution is 5.79. The maximum Gasteiger partial charge on any atom is 0.225 e. The minimum absolute atomic E-state index is 0.325. The molecule has 3 N–H and O–H groups in total. The average molecular weight is 350 g/mol. The second-order valence-electron chi connectivity index (χ2n) is 7.89. The number of amides is 1. The molecule has 1 saturated heterocycles. The smallest absolute Gasteiger partial charge is 0.225 e. The zero-order valence-electron chi connectivity index (χ0n) is 15.6. The summed E-state index contributed by atoms with van der Waals surface area (Å²) in [4.78, 5) is 21.2. The number of guanidine groups is 1. The van der Waals surface area contributed by atoms with E-state index in [2.05, 4.69) is 20.1 Å². The van der Waals surface area contributed by atoms with Gasteiger partial charge in [0.1, 0.15) is 0 Å². The van der Waals surface area contributed by atoms with Crippen molar-refractivity contribution in [3.05, 3.63) is 0 Å². The normalized spacial score (nSPS) is 24.6. The fourth-order valence-electron chi connectivity index (χ4n) is 4.10. The minimum atomic E-state index is 0.325. The third-order valence-electron chi connectivity index (χ3n) is 6.04. The minimum Gasteiger partial charge on any atom is -0.370 e. The number of hydrogen-bond donors (Lipinski definition) is 2. The number of carbonyl (C=O) groups is 1. The molecule has 1 aliphatic heterocycles. The summed E-state index contributed by atoms with van der Waals surface area (Å²) in [6, 6.07) is 0.507. The lowest BCUT2D eigenvalue weighted by Crippen LogP contribution is -2.51. The highest BCUT2D eigenvalue weighted by Gasteiger charge is 2.30. The van der Waals surface area contributed by atoms with Crippen molar-refractivity contribution < 1.29 is 4.79 Å². The predicted molar refractivity (Wildman–Crippen MR) is 101 cm³/mol. The second kappa shape index (κ2) is 9.41. The summed E-state index contributed by atoms with van der Waals surface area (Å²) in [6.45, 7) is 5.33. The molecular formula is C19H35N5O. The first kappa shape index (κ1) is 18.5. The molecule has 1 heterocycles. The van der Waals surface area contributed by atoms with E-state index in [-0.39, 0.29) is 0 Å². The Labute approximate surface area is 152 Å². The van der Waals surface area contributed by atoms with Gasteiger partial charge in [0.05, 0.1) is 6.54 Å². The Bertz CT molecular complexity index is 447. The molecule has 6 heteroatoms. The van der Waals surface area contributed by atoms with Crippen LogP contribution in [0.25, 0.3) is 0 Å². The fraction of sp³-hybridized carbons (Fsp3) is 0.895. The van der Waals surface area contributed by atoms with Crippen LogP contribution in [0.15, 0.2) is 4.99 Å². The molecule has 0 atom stereocenters. The first-order valence-corrected chi connectivity index (χ1v) is 10.3. The molecule has 1 amide bonds. The van der Waals surface area contributed by atoms with E-state index in [4.69, 9.17) is 5.73 Å². The van der Waals surface area contributed by atoms with Crippen molar-refractivity contribution in [2.24, 2.45) is 16.6 Å². The fourth-order valence-corrected chi connectivity index (χ4v) is 4.10. The van der Waals surface area contributed by atoms with Crippen LogP contribution in [0.3, 0.4) is 0 Å². The van der Waals surface area contributed by atoms with Crippen LogP contribution >= 0.6 is 0 Å². The highest BCUT2D eigenvalue weighted by atomic mass is 16.2. The largest absolute Gasteiger partial charge is 0.370 e. The molecule has 3 aliphatic rings. The Hall–Kier alpha value is -1.30. The topological polar surface area (TPSA) is 74.0 Å². The lowest BCUT2D eigenvalue weighted by Gasteiger charge is -2.38. The van der Waals surface area contributed by atoms with Crippen molar-refractivity contribution in [2.45, 2.75) is 63.8 Å². The van der Waals surface area contributed by atoms with Crippen molar-refractivity contribution in [2.75, 3.05) is 39.3 Å². The number of hydrogen-bond acceptors (Lipinski definition) is 3. The average Bonchev–Trinajstić information content (AvgIpc) is 2.82. The molecule has 0 radical (unpaired) electrons. The van der Waals surface area contributed by atoms with Gasteiger partial charge in [0, 0.05) is 44.7 Å². The number of rotatable bonds is 5. The van der Waals surface area contributed by atoms with Crippen LogP contribution in [-0.4, -0.2) is 67.0 Å². The Kier molecular flexibility index (Phi) is 6.96. The van der Waals surface area contributed by atoms with Crippen molar-refractivity contribution in [3.8, 4) is 0 Å². The lowest BCUT2D eigenvalue weighted by atomic mass is 9.84. The summed E-state index contributed by atoms with van der Waals surface area (Å²) in [5.41, 5.74) is 6.06. The van der Waals surface area contributed by atoms with Crippen LogP contribution in [0.1, 0.15) is 57.8 Å². The molecule has 0 aromatic carbocycles. The van der Waals surface area contributed by atoms with Gasteiger partial charge in [0.15, 0.2) is 5.96 Å². The molecule has 2 aliphatic carbocycles. The van der Waals surface area contributed by atoms with E-state index in [0.29, 0.717) is 23.8 Å². The maximum absolute atomic E-state index is 12.3. The summed E-state index contributed by atoms with van der Waals surface area (Å²) < 4.78 is 0. The Morgan fingerprint density at radius 1 is 0.960 bits per heavy atom. The van der Waals surface area contributed by atoms with Gasteiger partial charge in [-0.1, -0.05) is 32.1 Å². The van der Waals surface area contributed by atoms with Gasteiger partial charge in [-0.3, -0.25) is 14.7 Å². The van der Waals surface area contributed by atoms with Gasteiger partial charge >= 0.3 is 0 Å². The van der Waals surface area contributed by atoms with Crippen LogP contribution in [0.4, 0.5) is 0 Å². The van der Waals surface area contributed by atoms with E-state index in [0.717, 1.165) is 52.1 Å². The van der Waals surface area contributed by atoms with Gasteiger partial charge in [0.2, 0.25) is 5.91 Å². The quantitative estimate of drug-likeness (QED) is 0.449. The van der Waals surface area contributed by atoms with E-state index in [9.17, 15) is 4.79 Å². The van der Waals surface area contributed by atoms with Gasteiger partial charge in [0.25, 0.3) is 0 Å². The molecule has 0 aromatic rings. The predicted octanol–water partition coefficient (Wildman–Crippen LogP) is 1.56. The SMILES string of the molecule is NC(=NCCN1CCN(C(=O)C2CCC2)CC1)NC1CCCCCC1. The van der Waals surface area contributed by atoms with E-state index in [1.807, 2.05) is 0 Å². The third-order valence-corrected chi connectivity index (χ3v) is 6.04. The third kappa shape index (κ3) is 5.59. The first-order chi connectivity index (χ1) is 12.2. The van der Waals surface area contributed by atoms with Gasteiger partial charge in [-0.05, 0) is 25.7 Å². The number of nitrogens with zero attached hydrogens (tertiary/aromatic N) is 3. The van der Waals surface area contributed by atoms with Crippen LogP contribution in [0.5, 0.6) is 0 Å². The first-order valence-electron chi connectivity index (χ1n) is 10.3. The number of nitrogens with one attached hydrogen (secondary N) is 1. The van der Waals surface area contributed by atoms with Gasteiger partial charge in [-0.25, -0.2) is 0 Å². The van der Waals surface area contributed by atoms with Crippen LogP contribution < -0.4 is 11.1 Å². The van der Waals surface area contributed by atoms with Crippen LogP contribution in [-0.2, 0) is 4.79 Å². The molecule has 0 spiro atoms. The van der Waals surface area contributed by atoms with Crippen molar-refractivity contribution in [1.29, 1.82) is 0 Å². The Morgan fingerprint density at radius 2 is 1.64 bits per heavy atom. The van der Waals surface area contributed by atoms with Gasteiger partial charge < -0.3 is 16.0 Å². The van der Waals surface area contributed by atoms with E-state index in [1.165, 1.54) is 44.9 Å². The monoisotopic (exact) mass is 349 g/mol. The van der Waals surface area contributed by atoms with Crippen molar-refractivity contribution in [1.82, 2.24) is 15.1 Å². The molecule has 3 rings (SSSR count). The van der Waals surface area contributed by atoms with E-state index >= 15 is 0 Å². The number of piperazine rings is 1. The van der Waals surface area contributed by atoms with Crippen LogP contribution in [0, 0.1) is 5.92 Å². The summed E-state index contributed by atoms with van der Waals surface area (Å²) in [5.74, 6) is 1.32. The zero-order chi connectivity index (χ0) is 17.5. The summed E-state index contributed by atoms with van der Waals surface area (Å²) in [5, 5.41) is 3.40. The van der Waals surface area contributed by atoms with E-state index < -0.39 is 0 Å². The standard InChI is InChI=1S/C19H35N5O/c20-19(22-17-8-3-1-2-4-9-17)21-10-11-23-12-14-24(15-13-23)18(25)16-6-5-7-16/h16-17H,1-15H2,(H3,20,21,22). The Balaban J connectivity index is 1.31. The molecule has 3 fully saturated rings. The number of aliphatic imine (C=N–C) groups is 1. The van der Waals surface area contributed by atoms with Gasteiger partial charge in [-0.15, -0.1) is 0 Å². The highest BCUT2D eigenvalue weighted by Crippen LogP contribution is 2.28. The number of carbonyl (C=O) groups excluding carboxylic acids is 1. The van der Waals surface area contributed by atoms with Gasteiger partial charge in [-0.2, -0.15) is 0 Å². The molecule has 2 saturated carbocycles. The lowest BCUT2D eigenvalue weighted by molar-refractivity contribution is -0.139. The zero-order valence-corrected chi connectivity index (χ0v) is 15.6. The summed E-state index contributed by atoms with van der Waals surface area (Å²) >= 11 is 0. The molecule has 0 aromatic heterocycles. The molecule has 0 unspecified atom stereocenters. The molecule has 0 bridgehead atoms. The molecular weight excluding hydrogens is 314 g/mol. The number of nitrogens with two attached hydrogens (primary N) is 1. The molecule has 142 valence electrons. The summed E-state index contributed by atoms with van der Waals surface area (Å²) in [6.07, 6.45) is 11.2. The molecule has 25 heavy (non-hydrogen) atoms. The van der Waals surface area contributed by atoms with Crippen molar-refractivity contribution in [3.63, 3.8) is 0 Å². The second-order valence-corrected chi connectivity index (χ2v) is 7.89. The Morgan fingerprint density at radius 3 is 2.24 bits per heavy atom. The maximum atomic E-state index is 12.3. The molecule has 6 nitrogen and oxygen atoms in total. The van der Waals surface area contributed by atoms with E-state index in [1.54, 1.807) is 0 Å². The van der Waals surface area contributed by atoms with Crippen LogP contribution in [0.2, 0.25) is 0 Å². The summed E-state index contributed by atoms with van der Waals surface area (Å²) in [7, 11) is 0. The van der Waals surface area contributed by atoms with Crippen molar-refractivity contribution >= 4 is 11.9 Å².